The molecular weight excluding hydrogens is 436 g/mol. The topological polar surface area (TPSA) is 118 Å². The summed E-state index contributed by atoms with van der Waals surface area (Å²) < 4.78 is 7.68. The van der Waals surface area contributed by atoms with Gasteiger partial charge in [0.1, 0.15) is 6.10 Å². The fraction of sp³-hybridized carbons (Fsp3) is 0.200. The standard InChI is InChI=1S/C20H20N6O3S2/c1-26-18(5-7-23-26)29-17-8-14(30-11-13-4-2-3-6-21-13)9-22-19(17)25-20-24-15(12-31-20)16(28)10-27/h2-9,12,16,27-28H,10-11H2,1H3,(H,22,24,25). The Morgan fingerprint density at radius 3 is 2.90 bits per heavy atom. The van der Waals surface area contributed by atoms with Crippen molar-refractivity contribution in [2.75, 3.05) is 11.9 Å². The Labute approximate surface area is 186 Å². The van der Waals surface area contributed by atoms with Crippen LogP contribution >= 0.6 is 23.1 Å². The number of anilines is 2. The van der Waals surface area contributed by atoms with Crippen LogP contribution in [0.5, 0.6) is 11.6 Å². The van der Waals surface area contributed by atoms with Crippen LogP contribution < -0.4 is 10.1 Å². The number of ether oxygens (including phenoxy) is 1. The van der Waals surface area contributed by atoms with Crippen LogP contribution in [0.4, 0.5) is 10.9 Å². The highest BCUT2D eigenvalue weighted by atomic mass is 32.2. The minimum absolute atomic E-state index is 0.390. The highest BCUT2D eigenvalue weighted by molar-refractivity contribution is 7.98. The third-order valence-electron chi connectivity index (χ3n) is 4.19. The lowest BCUT2D eigenvalue weighted by Crippen LogP contribution is -2.03. The Hall–Kier alpha value is -2.99. The molecule has 4 aromatic heterocycles. The number of rotatable bonds is 9. The zero-order valence-electron chi connectivity index (χ0n) is 16.5. The lowest BCUT2D eigenvalue weighted by Gasteiger charge is -2.12. The second-order valence-electron chi connectivity index (χ2n) is 6.42. The molecule has 4 aromatic rings. The van der Waals surface area contributed by atoms with Gasteiger partial charge in [-0.2, -0.15) is 5.10 Å². The third-order valence-corrected chi connectivity index (χ3v) is 5.97. The van der Waals surface area contributed by atoms with Crippen molar-refractivity contribution in [3.05, 3.63) is 65.7 Å². The van der Waals surface area contributed by atoms with Gasteiger partial charge in [0.25, 0.3) is 0 Å². The molecule has 0 saturated heterocycles. The van der Waals surface area contributed by atoms with E-state index in [0.717, 1.165) is 10.6 Å². The Kier molecular flexibility index (Phi) is 6.77. The highest BCUT2D eigenvalue weighted by Gasteiger charge is 2.15. The van der Waals surface area contributed by atoms with Crippen molar-refractivity contribution in [2.24, 2.45) is 7.05 Å². The maximum atomic E-state index is 9.76. The van der Waals surface area contributed by atoms with E-state index < -0.39 is 12.7 Å². The molecule has 0 aromatic carbocycles. The Balaban J connectivity index is 1.57. The Morgan fingerprint density at radius 2 is 2.16 bits per heavy atom. The first-order valence-corrected chi connectivity index (χ1v) is 11.2. The maximum Gasteiger partial charge on any atom is 0.217 e. The molecule has 1 unspecified atom stereocenters. The molecule has 3 N–H and O–H groups in total. The van der Waals surface area contributed by atoms with Crippen LogP contribution in [0.2, 0.25) is 0 Å². The fourth-order valence-corrected chi connectivity index (χ4v) is 4.14. The number of hydrogen-bond acceptors (Lipinski definition) is 10. The number of aromatic nitrogens is 5. The zero-order chi connectivity index (χ0) is 21.6. The summed E-state index contributed by atoms with van der Waals surface area (Å²) in [5.74, 6) is 2.25. The zero-order valence-corrected chi connectivity index (χ0v) is 18.2. The van der Waals surface area contributed by atoms with E-state index in [2.05, 4.69) is 25.4 Å². The largest absolute Gasteiger partial charge is 0.435 e. The molecule has 0 radical (unpaired) electrons. The van der Waals surface area contributed by atoms with Crippen molar-refractivity contribution < 1.29 is 14.9 Å². The molecule has 0 fully saturated rings. The number of aryl methyl sites for hydroxylation is 1. The highest BCUT2D eigenvalue weighted by Crippen LogP contribution is 2.35. The van der Waals surface area contributed by atoms with Crippen molar-refractivity contribution in [3.63, 3.8) is 0 Å². The summed E-state index contributed by atoms with van der Waals surface area (Å²) >= 11 is 2.90. The summed E-state index contributed by atoms with van der Waals surface area (Å²) in [7, 11) is 1.79. The monoisotopic (exact) mass is 456 g/mol. The van der Waals surface area contributed by atoms with Crippen LogP contribution in [0, 0.1) is 0 Å². The van der Waals surface area contributed by atoms with Crippen molar-refractivity contribution in [1.29, 1.82) is 0 Å². The minimum Gasteiger partial charge on any atom is -0.435 e. The molecule has 0 amide bonds. The van der Waals surface area contributed by atoms with Gasteiger partial charge in [0.2, 0.25) is 5.88 Å². The second-order valence-corrected chi connectivity index (χ2v) is 8.33. The predicted octanol–water partition coefficient (Wildman–Crippen LogP) is 3.52. The number of aliphatic hydroxyl groups excluding tert-OH is 2. The van der Waals surface area contributed by atoms with Crippen molar-refractivity contribution >= 4 is 34.0 Å². The summed E-state index contributed by atoms with van der Waals surface area (Å²) in [5.41, 5.74) is 1.37. The summed E-state index contributed by atoms with van der Waals surface area (Å²) in [6, 6.07) is 9.48. The molecule has 0 aliphatic heterocycles. The fourth-order valence-electron chi connectivity index (χ4n) is 2.58. The van der Waals surface area contributed by atoms with Gasteiger partial charge in [0, 0.05) is 41.5 Å². The molecule has 0 spiro atoms. The molecule has 0 bridgehead atoms. The van der Waals surface area contributed by atoms with Gasteiger partial charge in [-0.1, -0.05) is 6.07 Å². The van der Waals surface area contributed by atoms with E-state index in [1.807, 2.05) is 24.3 Å². The van der Waals surface area contributed by atoms with E-state index in [0.29, 0.717) is 34.0 Å². The van der Waals surface area contributed by atoms with E-state index in [4.69, 9.17) is 9.84 Å². The van der Waals surface area contributed by atoms with Gasteiger partial charge in [0.05, 0.1) is 24.2 Å². The number of thioether (sulfide) groups is 1. The minimum atomic E-state index is -1.02. The summed E-state index contributed by atoms with van der Waals surface area (Å²) in [5, 5.41) is 28.3. The van der Waals surface area contributed by atoms with E-state index in [1.54, 1.807) is 53.5 Å². The van der Waals surface area contributed by atoms with Gasteiger partial charge < -0.3 is 20.3 Å². The van der Waals surface area contributed by atoms with E-state index in [1.165, 1.54) is 11.3 Å². The lowest BCUT2D eigenvalue weighted by molar-refractivity contribution is 0.0928. The first-order chi connectivity index (χ1) is 15.1. The number of nitrogens with one attached hydrogen (secondary N) is 1. The molecule has 1 atom stereocenters. The molecule has 160 valence electrons. The van der Waals surface area contributed by atoms with Crippen LogP contribution in [-0.2, 0) is 12.8 Å². The van der Waals surface area contributed by atoms with E-state index in [9.17, 15) is 5.11 Å². The third kappa shape index (κ3) is 5.39. The van der Waals surface area contributed by atoms with Gasteiger partial charge in [-0.25, -0.2) is 14.6 Å². The predicted molar refractivity (Wildman–Crippen MR) is 119 cm³/mol. The van der Waals surface area contributed by atoms with Crippen LogP contribution in [0.25, 0.3) is 0 Å². The van der Waals surface area contributed by atoms with Crippen LogP contribution in [0.3, 0.4) is 0 Å². The van der Waals surface area contributed by atoms with E-state index >= 15 is 0 Å². The summed E-state index contributed by atoms with van der Waals surface area (Å²) in [6.45, 7) is -0.390. The van der Waals surface area contributed by atoms with Gasteiger partial charge >= 0.3 is 0 Å². The molecule has 11 heteroatoms. The Morgan fingerprint density at radius 1 is 1.26 bits per heavy atom. The average molecular weight is 457 g/mol. The summed E-state index contributed by atoms with van der Waals surface area (Å²) in [6.07, 6.45) is 4.16. The molecule has 0 saturated carbocycles. The number of thiazole rings is 1. The summed E-state index contributed by atoms with van der Waals surface area (Å²) in [4.78, 5) is 14.1. The lowest BCUT2D eigenvalue weighted by atomic mass is 10.3. The SMILES string of the molecule is Cn1nccc1Oc1cc(SCc2ccccn2)cnc1Nc1nc(C(O)CO)cs1. The number of hydrogen-bond donors (Lipinski definition) is 3. The van der Waals surface area contributed by atoms with Crippen molar-refractivity contribution in [2.45, 2.75) is 16.8 Å². The maximum absolute atomic E-state index is 9.76. The molecule has 0 aliphatic rings. The Bertz CT molecular complexity index is 1130. The van der Waals surface area contributed by atoms with Gasteiger partial charge in [-0.15, -0.1) is 23.1 Å². The van der Waals surface area contributed by atoms with Crippen molar-refractivity contribution in [1.82, 2.24) is 24.7 Å². The first kappa shape index (κ1) is 21.2. The molecule has 0 aliphatic carbocycles. The van der Waals surface area contributed by atoms with Gasteiger partial charge in [0.15, 0.2) is 16.7 Å². The van der Waals surface area contributed by atoms with Gasteiger partial charge in [-0.3, -0.25) is 4.98 Å². The van der Waals surface area contributed by atoms with E-state index in [-0.39, 0.29) is 0 Å². The molecule has 4 rings (SSSR count). The quantitative estimate of drug-likeness (QED) is 0.325. The average Bonchev–Trinajstić information content (AvgIpc) is 3.43. The second kappa shape index (κ2) is 9.88. The number of pyridine rings is 2. The van der Waals surface area contributed by atoms with Crippen LogP contribution in [0.15, 0.2) is 59.2 Å². The van der Waals surface area contributed by atoms with Crippen LogP contribution in [0.1, 0.15) is 17.5 Å². The van der Waals surface area contributed by atoms with Crippen LogP contribution in [-0.4, -0.2) is 41.6 Å². The number of aliphatic hydroxyl groups is 2. The normalized spacial score (nSPS) is 12.0. The molecular formula is C20H20N6O3S2. The number of nitrogens with zero attached hydrogens (tertiary/aromatic N) is 5. The first-order valence-electron chi connectivity index (χ1n) is 9.32. The smallest absolute Gasteiger partial charge is 0.217 e. The van der Waals surface area contributed by atoms with Gasteiger partial charge in [-0.05, 0) is 18.2 Å². The molecule has 9 nitrogen and oxygen atoms in total. The van der Waals surface area contributed by atoms with Crippen molar-refractivity contribution in [3.8, 4) is 11.6 Å². The molecule has 31 heavy (non-hydrogen) atoms. The molecule has 4 heterocycles.